The molecule has 3 rings (SSSR count). The van der Waals surface area contributed by atoms with E-state index < -0.39 is 14.9 Å². The predicted molar refractivity (Wildman–Crippen MR) is 110 cm³/mol. The van der Waals surface area contributed by atoms with Crippen LogP contribution in [0.25, 0.3) is 0 Å². The molecular formula is C20H25N3O5S. The fourth-order valence-corrected chi connectivity index (χ4v) is 4.62. The topological polar surface area (TPSA) is 102 Å². The monoisotopic (exact) mass is 419 g/mol. The molecule has 1 saturated heterocycles. The molecule has 2 aromatic rings. The van der Waals surface area contributed by atoms with Gasteiger partial charge in [-0.05, 0) is 56.6 Å². The van der Waals surface area contributed by atoms with Crippen molar-refractivity contribution in [2.24, 2.45) is 0 Å². The van der Waals surface area contributed by atoms with Gasteiger partial charge in [-0.1, -0.05) is 18.2 Å². The fraction of sp³-hybridized carbons (Fsp3) is 0.400. The number of nitro groups is 1. The lowest BCUT2D eigenvalue weighted by Gasteiger charge is -2.28. The molecule has 0 saturated carbocycles. The molecule has 0 bridgehead atoms. The van der Waals surface area contributed by atoms with Gasteiger partial charge in [-0.3, -0.25) is 15.0 Å². The van der Waals surface area contributed by atoms with Crippen molar-refractivity contribution in [1.29, 1.82) is 0 Å². The number of nitrogens with zero attached hydrogens (tertiary/aromatic N) is 2. The number of aryl methyl sites for hydroxylation is 1. The Morgan fingerprint density at radius 3 is 2.41 bits per heavy atom. The maximum absolute atomic E-state index is 12.8. The summed E-state index contributed by atoms with van der Waals surface area (Å²) in [5, 5.41) is 11.2. The number of nitrogens with one attached hydrogen (secondary N) is 1. The Balaban J connectivity index is 1.82. The zero-order valence-electron chi connectivity index (χ0n) is 16.5. The lowest BCUT2D eigenvalue weighted by Crippen LogP contribution is -2.36. The van der Waals surface area contributed by atoms with E-state index in [9.17, 15) is 18.5 Å². The van der Waals surface area contributed by atoms with Crippen LogP contribution < -0.4 is 9.46 Å². The summed E-state index contributed by atoms with van der Waals surface area (Å²) in [5.74, 6) is 0.737. The summed E-state index contributed by atoms with van der Waals surface area (Å²) in [6, 6.07) is 11.4. The number of hydrogen-bond acceptors (Lipinski definition) is 6. The van der Waals surface area contributed by atoms with E-state index >= 15 is 0 Å². The van der Waals surface area contributed by atoms with Crippen LogP contribution in [0.5, 0.6) is 5.75 Å². The Morgan fingerprint density at radius 1 is 1.17 bits per heavy atom. The minimum Gasteiger partial charge on any atom is -0.497 e. The summed E-state index contributed by atoms with van der Waals surface area (Å²) < 4.78 is 33.4. The molecule has 156 valence electrons. The van der Waals surface area contributed by atoms with Crippen molar-refractivity contribution in [2.75, 3.05) is 26.7 Å². The van der Waals surface area contributed by atoms with E-state index in [-0.39, 0.29) is 23.2 Å². The molecular weight excluding hydrogens is 394 g/mol. The molecule has 1 N–H and O–H groups in total. The SMILES string of the molecule is COc1ccc(C(CNS(=O)(=O)c2ccc(C)c([N+](=O)[O-])c2)N2CCCC2)cc1. The van der Waals surface area contributed by atoms with Gasteiger partial charge >= 0.3 is 0 Å². The first-order valence-corrected chi connectivity index (χ1v) is 10.9. The van der Waals surface area contributed by atoms with Crippen LogP contribution in [0, 0.1) is 17.0 Å². The lowest BCUT2D eigenvalue weighted by atomic mass is 10.1. The van der Waals surface area contributed by atoms with Crippen LogP contribution in [0.15, 0.2) is 47.4 Å². The van der Waals surface area contributed by atoms with Gasteiger partial charge in [0.05, 0.1) is 16.9 Å². The third-order valence-corrected chi connectivity index (χ3v) is 6.66. The van der Waals surface area contributed by atoms with Gasteiger partial charge in [0.25, 0.3) is 5.69 Å². The molecule has 0 aliphatic carbocycles. The summed E-state index contributed by atoms with van der Waals surface area (Å²) in [5.41, 5.74) is 1.20. The van der Waals surface area contributed by atoms with Crippen LogP contribution in [0.1, 0.15) is 30.0 Å². The van der Waals surface area contributed by atoms with Crippen molar-refractivity contribution >= 4 is 15.7 Å². The van der Waals surface area contributed by atoms with Gasteiger partial charge in [-0.2, -0.15) is 0 Å². The van der Waals surface area contributed by atoms with Crippen LogP contribution >= 0.6 is 0 Å². The van der Waals surface area contributed by atoms with Crippen molar-refractivity contribution in [3.63, 3.8) is 0 Å². The Morgan fingerprint density at radius 2 is 1.83 bits per heavy atom. The molecule has 1 unspecified atom stereocenters. The van der Waals surface area contributed by atoms with E-state index in [0.717, 1.165) is 43.3 Å². The highest BCUT2D eigenvalue weighted by molar-refractivity contribution is 7.89. The first kappa shape index (κ1) is 21.2. The molecule has 0 spiro atoms. The highest BCUT2D eigenvalue weighted by Crippen LogP contribution is 2.27. The summed E-state index contributed by atoms with van der Waals surface area (Å²) in [4.78, 5) is 12.7. The third kappa shape index (κ3) is 4.92. The largest absolute Gasteiger partial charge is 0.497 e. The Labute approximate surface area is 170 Å². The highest BCUT2D eigenvalue weighted by Gasteiger charge is 2.26. The van der Waals surface area contributed by atoms with Crippen molar-refractivity contribution in [2.45, 2.75) is 30.7 Å². The molecule has 8 nitrogen and oxygen atoms in total. The number of benzene rings is 2. The zero-order chi connectivity index (χ0) is 21.0. The molecule has 1 atom stereocenters. The van der Waals surface area contributed by atoms with Crippen molar-refractivity contribution in [3.05, 3.63) is 63.7 Å². The average Bonchev–Trinajstić information content (AvgIpc) is 3.23. The Bertz CT molecular complexity index is 970. The highest BCUT2D eigenvalue weighted by atomic mass is 32.2. The second kappa shape index (κ2) is 8.89. The molecule has 0 radical (unpaired) electrons. The van der Waals surface area contributed by atoms with Crippen LogP contribution in [0.3, 0.4) is 0 Å². The van der Waals surface area contributed by atoms with E-state index in [1.54, 1.807) is 14.0 Å². The number of rotatable bonds is 8. The van der Waals surface area contributed by atoms with Gasteiger partial charge in [-0.15, -0.1) is 0 Å². The third-order valence-electron chi connectivity index (χ3n) is 5.24. The maximum atomic E-state index is 12.8. The van der Waals surface area contributed by atoms with Gasteiger partial charge in [-0.25, -0.2) is 13.1 Å². The number of methoxy groups -OCH3 is 1. The smallest absolute Gasteiger partial charge is 0.273 e. The molecule has 1 fully saturated rings. The van der Waals surface area contributed by atoms with Gasteiger partial charge in [0.15, 0.2) is 0 Å². The molecule has 1 aliphatic rings. The summed E-state index contributed by atoms with van der Waals surface area (Å²) in [6.07, 6.45) is 2.15. The average molecular weight is 420 g/mol. The van der Waals surface area contributed by atoms with Crippen molar-refractivity contribution in [3.8, 4) is 5.75 Å². The molecule has 2 aromatic carbocycles. The van der Waals surface area contributed by atoms with Gasteiger partial charge < -0.3 is 4.74 Å². The Hall–Kier alpha value is -2.49. The minimum absolute atomic E-state index is 0.107. The number of hydrogen-bond donors (Lipinski definition) is 1. The van der Waals surface area contributed by atoms with Gasteiger partial charge in [0, 0.05) is 24.2 Å². The van der Waals surface area contributed by atoms with Gasteiger partial charge in [0.1, 0.15) is 5.75 Å². The van der Waals surface area contributed by atoms with E-state index in [0.29, 0.717) is 5.56 Å². The van der Waals surface area contributed by atoms with Crippen LogP contribution in [-0.2, 0) is 10.0 Å². The summed E-state index contributed by atoms with van der Waals surface area (Å²) >= 11 is 0. The summed E-state index contributed by atoms with van der Waals surface area (Å²) in [6.45, 7) is 3.55. The van der Waals surface area contributed by atoms with E-state index in [2.05, 4.69) is 9.62 Å². The first-order valence-electron chi connectivity index (χ1n) is 9.44. The van der Waals surface area contributed by atoms with Gasteiger partial charge in [0.2, 0.25) is 10.0 Å². The number of ether oxygens (including phenoxy) is 1. The number of sulfonamides is 1. The van der Waals surface area contributed by atoms with Crippen molar-refractivity contribution in [1.82, 2.24) is 9.62 Å². The number of nitro benzene ring substituents is 1. The molecule has 1 aliphatic heterocycles. The molecule has 29 heavy (non-hydrogen) atoms. The predicted octanol–water partition coefficient (Wildman–Crippen LogP) is 3.03. The molecule has 0 amide bonds. The van der Waals surface area contributed by atoms with E-state index in [4.69, 9.17) is 4.74 Å². The molecule has 0 aromatic heterocycles. The van der Waals surface area contributed by atoms with E-state index in [1.165, 1.54) is 12.1 Å². The lowest BCUT2D eigenvalue weighted by molar-refractivity contribution is -0.385. The first-order chi connectivity index (χ1) is 13.8. The van der Waals surface area contributed by atoms with E-state index in [1.807, 2.05) is 24.3 Å². The maximum Gasteiger partial charge on any atom is 0.273 e. The second-order valence-electron chi connectivity index (χ2n) is 7.09. The normalized spacial score (nSPS) is 15.9. The molecule has 1 heterocycles. The zero-order valence-corrected chi connectivity index (χ0v) is 17.3. The molecule has 9 heteroatoms. The quantitative estimate of drug-likeness (QED) is 0.521. The Kier molecular flexibility index (Phi) is 6.51. The van der Waals surface area contributed by atoms with Crippen molar-refractivity contribution < 1.29 is 18.1 Å². The van der Waals surface area contributed by atoms with Crippen LogP contribution in [0.4, 0.5) is 5.69 Å². The minimum atomic E-state index is -3.88. The standard InChI is InChI=1S/C20H25N3O5S/c1-15-5-10-18(13-19(15)23(24)25)29(26,27)21-14-20(22-11-3-4-12-22)16-6-8-17(28-2)9-7-16/h5-10,13,20-21H,3-4,11-12,14H2,1-2H3. The van der Waals surface area contributed by atoms with Crippen LogP contribution in [-0.4, -0.2) is 45.0 Å². The summed E-state index contributed by atoms with van der Waals surface area (Å²) in [7, 11) is -2.29. The number of likely N-dealkylation sites (tertiary alicyclic amines) is 1. The fourth-order valence-electron chi connectivity index (χ4n) is 3.56. The second-order valence-corrected chi connectivity index (χ2v) is 8.86. The van der Waals surface area contributed by atoms with Crippen LogP contribution in [0.2, 0.25) is 0 Å².